The average Bonchev–Trinajstić information content (AvgIpc) is 2.68. The number of hydrogen-bond acceptors (Lipinski definition) is 3. The Morgan fingerprint density at radius 1 is 1.35 bits per heavy atom. The number of rotatable bonds is 7. The normalized spacial score (nSPS) is 12.0. The van der Waals surface area contributed by atoms with Crippen LogP contribution in [0.4, 0.5) is 0 Å². The summed E-state index contributed by atoms with van der Waals surface area (Å²) in [7, 11) is 0. The van der Waals surface area contributed by atoms with Gasteiger partial charge in [-0.2, -0.15) is 0 Å². The fourth-order valence-corrected chi connectivity index (χ4v) is 1.51. The summed E-state index contributed by atoms with van der Waals surface area (Å²) in [5, 5.41) is 12.1. The summed E-state index contributed by atoms with van der Waals surface area (Å²) < 4.78 is 7.44. The van der Waals surface area contributed by atoms with E-state index in [9.17, 15) is 0 Å². The van der Waals surface area contributed by atoms with Crippen LogP contribution in [0, 0.1) is 0 Å². The van der Waals surface area contributed by atoms with E-state index >= 15 is 0 Å². The molecular formula is C13H24N2O2. The lowest BCUT2D eigenvalue weighted by atomic mass is 10.1. The maximum Gasteiger partial charge on any atom is 0.0698 e. The van der Waals surface area contributed by atoms with Crippen LogP contribution in [0.3, 0.4) is 0 Å². The van der Waals surface area contributed by atoms with E-state index in [1.54, 1.807) is 0 Å². The minimum atomic E-state index is 0.0874. The van der Waals surface area contributed by atoms with Crippen molar-refractivity contribution in [3.63, 3.8) is 0 Å². The van der Waals surface area contributed by atoms with Gasteiger partial charge >= 0.3 is 0 Å². The van der Waals surface area contributed by atoms with Gasteiger partial charge in [-0.05, 0) is 32.9 Å². The molecule has 1 rings (SSSR count). The minimum Gasteiger partial charge on any atom is -0.394 e. The summed E-state index contributed by atoms with van der Waals surface area (Å²) in [5.74, 6) is 0. The van der Waals surface area contributed by atoms with E-state index in [0.717, 1.165) is 13.1 Å². The Bertz CT molecular complexity index is 315. The number of ether oxygens (including phenoxy) is 1. The molecule has 0 aliphatic carbocycles. The maximum atomic E-state index is 8.61. The highest BCUT2D eigenvalue weighted by Crippen LogP contribution is 2.06. The number of nitrogens with zero attached hydrogens (tertiary/aromatic N) is 1. The van der Waals surface area contributed by atoms with E-state index in [4.69, 9.17) is 9.84 Å². The molecule has 0 spiro atoms. The van der Waals surface area contributed by atoms with E-state index in [0.29, 0.717) is 13.2 Å². The highest BCUT2D eigenvalue weighted by atomic mass is 16.5. The highest BCUT2D eigenvalue weighted by Gasteiger charge is 2.09. The Hall–Kier alpha value is -0.840. The average molecular weight is 240 g/mol. The van der Waals surface area contributed by atoms with Crippen molar-refractivity contribution in [1.29, 1.82) is 0 Å². The molecule has 0 fully saturated rings. The Kier molecular flexibility index (Phi) is 5.68. The molecule has 0 atom stereocenters. The standard InChI is InChI=1S/C13H24N2O2/c1-13(2,3)14-11-12-5-4-6-15(12)7-9-17-10-8-16/h4-6,14,16H,7-11H2,1-3H3. The number of hydrogen-bond donors (Lipinski definition) is 2. The summed E-state index contributed by atoms with van der Waals surface area (Å²) >= 11 is 0. The molecule has 2 N–H and O–H groups in total. The second kappa shape index (κ2) is 6.79. The molecule has 0 aliphatic rings. The molecule has 0 saturated carbocycles. The van der Waals surface area contributed by atoms with Gasteiger partial charge in [0.2, 0.25) is 0 Å². The predicted molar refractivity (Wildman–Crippen MR) is 68.9 cm³/mol. The van der Waals surface area contributed by atoms with Crippen LogP contribution < -0.4 is 5.32 Å². The van der Waals surface area contributed by atoms with Crippen molar-refractivity contribution >= 4 is 0 Å². The third-order valence-electron chi connectivity index (χ3n) is 2.44. The van der Waals surface area contributed by atoms with Crippen LogP contribution in [-0.4, -0.2) is 35.0 Å². The molecule has 4 heteroatoms. The van der Waals surface area contributed by atoms with E-state index in [-0.39, 0.29) is 12.1 Å². The van der Waals surface area contributed by atoms with Gasteiger partial charge in [-0.3, -0.25) is 0 Å². The fourth-order valence-electron chi connectivity index (χ4n) is 1.51. The van der Waals surface area contributed by atoms with Gasteiger partial charge in [0.05, 0.1) is 19.8 Å². The molecule has 1 heterocycles. The fraction of sp³-hybridized carbons (Fsp3) is 0.692. The first-order valence-electron chi connectivity index (χ1n) is 6.10. The third kappa shape index (κ3) is 5.86. The van der Waals surface area contributed by atoms with Crippen LogP contribution in [0.5, 0.6) is 0 Å². The van der Waals surface area contributed by atoms with Crippen molar-refractivity contribution in [3.05, 3.63) is 24.0 Å². The van der Waals surface area contributed by atoms with Crippen molar-refractivity contribution in [2.75, 3.05) is 19.8 Å². The summed E-state index contributed by atoms with van der Waals surface area (Å²) in [6.45, 7) is 9.29. The van der Waals surface area contributed by atoms with Crippen LogP contribution in [0.1, 0.15) is 26.5 Å². The largest absolute Gasteiger partial charge is 0.394 e. The van der Waals surface area contributed by atoms with Crippen LogP contribution in [-0.2, 0) is 17.8 Å². The number of aliphatic hydroxyl groups is 1. The predicted octanol–water partition coefficient (Wildman–Crippen LogP) is 1.39. The van der Waals surface area contributed by atoms with E-state index < -0.39 is 0 Å². The lowest BCUT2D eigenvalue weighted by Gasteiger charge is -2.21. The molecular weight excluding hydrogens is 216 g/mol. The van der Waals surface area contributed by atoms with Gasteiger partial charge in [-0.15, -0.1) is 0 Å². The summed E-state index contributed by atoms with van der Waals surface area (Å²) in [6, 6.07) is 4.16. The molecule has 0 amide bonds. The third-order valence-corrected chi connectivity index (χ3v) is 2.44. The molecule has 4 nitrogen and oxygen atoms in total. The number of nitrogens with one attached hydrogen (secondary N) is 1. The maximum absolute atomic E-state index is 8.61. The summed E-state index contributed by atoms with van der Waals surface area (Å²) in [4.78, 5) is 0. The van der Waals surface area contributed by atoms with Crippen molar-refractivity contribution < 1.29 is 9.84 Å². The minimum absolute atomic E-state index is 0.0874. The van der Waals surface area contributed by atoms with E-state index in [2.05, 4.69) is 42.9 Å². The zero-order valence-corrected chi connectivity index (χ0v) is 11.1. The summed E-state index contributed by atoms with van der Waals surface area (Å²) in [5.41, 5.74) is 1.38. The Balaban J connectivity index is 2.37. The smallest absolute Gasteiger partial charge is 0.0698 e. The monoisotopic (exact) mass is 240 g/mol. The second-order valence-electron chi connectivity index (χ2n) is 5.13. The zero-order valence-electron chi connectivity index (χ0n) is 11.1. The summed E-state index contributed by atoms with van der Waals surface area (Å²) in [6.07, 6.45) is 2.06. The van der Waals surface area contributed by atoms with Crippen molar-refractivity contribution in [2.45, 2.75) is 39.4 Å². The zero-order chi connectivity index (χ0) is 12.7. The molecule has 0 bridgehead atoms. The molecule has 1 aromatic heterocycles. The Morgan fingerprint density at radius 3 is 2.76 bits per heavy atom. The molecule has 17 heavy (non-hydrogen) atoms. The molecule has 0 aromatic carbocycles. The van der Waals surface area contributed by atoms with Gasteiger partial charge in [0.25, 0.3) is 0 Å². The van der Waals surface area contributed by atoms with E-state index in [1.807, 2.05) is 6.07 Å². The molecule has 1 aromatic rings. The molecule has 0 saturated heterocycles. The lowest BCUT2D eigenvalue weighted by molar-refractivity contribution is 0.0866. The Labute approximate surface area is 104 Å². The van der Waals surface area contributed by atoms with Gasteiger partial charge in [-0.1, -0.05) is 0 Å². The highest BCUT2D eigenvalue weighted by molar-refractivity contribution is 5.07. The molecule has 98 valence electrons. The van der Waals surface area contributed by atoms with Gasteiger partial charge in [0.15, 0.2) is 0 Å². The topological polar surface area (TPSA) is 46.4 Å². The first-order valence-corrected chi connectivity index (χ1v) is 6.10. The number of aliphatic hydroxyl groups excluding tert-OH is 1. The SMILES string of the molecule is CC(C)(C)NCc1cccn1CCOCCO. The van der Waals surface area contributed by atoms with Crippen LogP contribution in [0.2, 0.25) is 0 Å². The van der Waals surface area contributed by atoms with Crippen molar-refractivity contribution in [2.24, 2.45) is 0 Å². The van der Waals surface area contributed by atoms with Crippen molar-refractivity contribution in [3.8, 4) is 0 Å². The second-order valence-corrected chi connectivity index (χ2v) is 5.13. The van der Waals surface area contributed by atoms with Gasteiger partial charge in [0.1, 0.15) is 0 Å². The number of aromatic nitrogens is 1. The molecule has 0 unspecified atom stereocenters. The molecule has 0 radical (unpaired) electrons. The van der Waals surface area contributed by atoms with Gasteiger partial charge < -0.3 is 19.7 Å². The van der Waals surface area contributed by atoms with Crippen LogP contribution in [0.15, 0.2) is 18.3 Å². The first-order chi connectivity index (χ1) is 8.03. The van der Waals surface area contributed by atoms with E-state index in [1.165, 1.54) is 5.69 Å². The van der Waals surface area contributed by atoms with Crippen molar-refractivity contribution in [1.82, 2.24) is 9.88 Å². The van der Waals surface area contributed by atoms with Gasteiger partial charge in [-0.25, -0.2) is 0 Å². The van der Waals surface area contributed by atoms with Gasteiger partial charge in [0, 0.05) is 30.5 Å². The molecule has 0 aliphatic heterocycles. The Morgan fingerprint density at radius 2 is 2.12 bits per heavy atom. The quantitative estimate of drug-likeness (QED) is 0.708. The van der Waals surface area contributed by atoms with Crippen LogP contribution >= 0.6 is 0 Å². The van der Waals surface area contributed by atoms with Crippen LogP contribution in [0.25, 0.3) is 0 Å². The lowest BCUT2D eigenvalue weighted by Crippen LogP contribution is -2.35. The first kappa shape index (κ1) is 14.2.